The maximum atomic E-state index is 12.5. The van der Waals surface area contributed by atoms with E-state index in [1.807, 2.05) is 24.3 Å². The smallest absolute Gasteiger partial charge is 0.260 e. The van der Waals surface area contributed by atoms with E-state index in [1.165, 1.54) is 21.2 Å². The Bertz CT molecular complexity index is 854. The summed E-state index contributed by atoms with van der Waals surface area (Å²) in [5, 5.41) is 1.75. The zero-order valence-corrected chi connectivity index (χ0v) is 17.1. The molecule has 0 bridgehead atoms. The summed E-state index contributed by atoms with van der Waals surface area (Å²) < 4.78 is 32.4. The second-order valence-corrected chi connectivity index (χ2v) is 9.84. The van der Waals surface area contributed by atoms with E-state index < -0.39 is 10.0 Å². The molecule has 1 fully saturated rings. The van der Waals surface area contributed by atoms with Crippen LogP contribution in [0.4, 0.5) is 0 Å². The quantitative estimate of drug-likeness (QED) is 0.737. The van der Waals surface area contributed by atoms with Crippen molar-refractivity contribution >= 4 is 27.3 Å². The fourth-order valence-corrected chi connectivity index (χ4v) is 5.47. The van der Waals surface area contributed by atoms with Gasteiger partial charge < -0.3 is 9.64 Å². The molecule has 146 valence electrons. The highest BCUT2D eigenvalue weighted by molar-refractivity contribution is 7.91. The normalized spacial score (nSPS) is 15.9. The number of piperazine rings is 1. The number of carbonyl (C=O) groups excluding carboxylic acids is 1. The summed E-state index contributed by atoms with van der Waals surface area (Å²) in [7, 11) is -3.45. The van der Waals surface area contributed by atoms with E-state index in [-0.39, 0.29) is 12.5 Å². The van der Waals surface area contributed by atoms with Gasteiger partial charge >= 0.3 is 0 Å². The van der Waals surface area contributed by atoms with Gasteiger partial charge in [-0.3, -0.25) is 4.79 Å². The molecule has 0 unspecified atom stereocenters. The van der Waals surface area contributed by atoms with Crippen LogP contribution >= 0.6 is 11.3 Å². The molecule has 0 N–H and O–H groups in total. The Balaban J connectivity index is 1.50. The van der Waals surface area contributed by atoms with Crippen LogP contribution in [0.5, 0.6) is 5.75 Å². The van der Waals surface area contributed by atoms with Gasteiger partial charge in [-0.2, -0.15) is 4.31 Å². The molecule has 1 aliphatic heterocycles. The number of thiophene rings is 1. The Kier molecular flexibility index (Phi) is 6.18. The maximum absolute atomic E-state index is 12.5. The third-order valence-corrected chi connectivity index (χ3v) is 7.86. The molecular weight excluding hydrogens is 384 g/mol. The van der Waals surface area contributed by atoms with Crippen molar-refractivity contribution in [1.29, 1.82) is 0 Å². The highest BCUT2D eigenvalue weighted by atomic mass is 32.2. The van der Waals surface area contributed by atoms with Gasteiger partial charge in [-0.15, -0.1) is 11.3 Å². The Labute approximate surface area is 164 Å². The van der Waals surface area contributed by atoms with Gasteiger partial charge in [0.25, 0.3) is 15.9 Å². The van der Waals surface area contributed by atoms with Crippen LogP contribution in [0, 0.1) is 0 Å². The topological polar surface area (TPSA) is 66.9 Å². The molecule has 27 heavy (non-hydrogen) atoms. The Morgan fingerprint density at radius 1 is 1.11 bits per heavy atom. The molecule has 8 heteroatoms. The van der Waals surface area contributed by atoms with Crippen molar-refractivity contribution < 1.29 is 17.9 Å². The van der Waals surface area contributed by atoms with Gasteiger partial charge in [-0.05, 0) is 35.1 Å². The van der Waals surface area contributed by atoms with Crippen LogP contribution in [0.2, 0.25) is 0 Å². The minimum atomic E-state index is -3.45. The van der Waals surface area contributed by atoms with Gasteiger partial charge in [0, 0.05) is 26.2 Å². The first-order chi connectivity index (χ1) is 12.9. The van der Waals surface area contributed by atoms with E-state index in [1.54, 1.807) is 22.4 Å². The zero-order chi connectivity index (χ0) is 19.4. The number of hydrogen-bond donors (Lipinski definition) is 0. The summed E-state index contributed by atoms with van der Waals surface area (Å²) >= 11 is 1.21. The van der Waals surface area contributed by atoms with Crippen LogP contribution in [0.1, 0.15) is 25.3 Å². The van der Waals surface area contributed by atoms with Crippen LogP contribution in [-0.2, 0) is 14.8 Å². The molecule has 2 heterocycles. The highest BCUT2D eigenvalue weighted by Gasteiger charge is 2.30. The summed E-state index contributed by atoms with van der Waals surface area (Å²) in [6, 6.07) is 11.1. The third kappa shape index (κ3) is 4.69. The predicted molar refractivity (Wildman–Crippen MR) is 106 cm³/mol. The Morgan fingerprint density at radius 3 is 2.33 bits per heavy atom. The highest BCUT2D eigenvalue weighted by Crippen LogP contribution is 2.22. The number of benzene rings is 1. The molecule has 1 aromatic carbocycles. The van der Waals surface area contributed by atoms with E-state index in [4.69, 9.17) is 4.74 Å². The fraction of sp³-hybridized carbons (Fsp3) is 0.421. The van der Waals surface area contributed by atoms with Crippen LogP contribution in [0.25, 0.3) is 0 Å². The molecule has 6 nitrogen and oxygen atoms in total. The summed E-state index contributed by atoms with van der Waals surface area (Å²) in [6.45, 7) is 5.55. The number of sulfonamides is 1. The van der Waals surface area contributed by atoms with Gasteiger partial charge in [-0.25, -0.2) is 8.42 Å². The molecule has 3 rings (SSSR count). The number of nitrogens with zero attached hydrogens (tertiary/aromatic N) is 2. The minimum absolute atomic E-state index is 0.0430. The van der Waals surface area contributed by atoms with E-state index in [9.17, 15) is 13.2 Å². The minimum Gasteiger partial charge on any atom is -0.484 e. The average Bonchev–Trinajstić information content (AvgIpc) is 3.22. The molecule has 1 amide bonds. The zero-order valence-electron chi connectivity index (χ0n) is 15.5. The monoisotopic (exact) mass is 408 g/mol. The first-order valence-corrected chi connectivity index (χ1v) is 11.2. The largest absolute Gasteiger partial charge is 0.484 e. The number of carbonyl (C=O) groups is 1. The van der Waals surface area contributed by atoms with E-state index in [2.05, 4.69) is 13.8 Å². The molecule has 1 saturated heterocycles. The van der Waals surface area contributed by atoms with Gasteiger partial charge in [-0.1, -0.05) is 32.0 Å². The Hall–Kier alpha value is -1.90. The second kappa shape index (κ2) is 8.41. The van der Waals surface area contributed by atoms with Gasteiger partial charge in [0.15, 0.2) is 6.61 Å². The van der Waals surface area contributed by atoms with E-state index >= 15 is 0 Å². The second-order valence-electron chi connectivity index (χ2n) is 6.73. The standard InChI is InChI=1S/C19H24N2O4S2/c1-15(2)16-5-7-17(8-6-16)25-14-18(22)20-9-11-21(12-10-20)27(23,24)19-4-3-13-26-19/h3-8,13,15H,9-12,14H2,1-2H3. The summed E-state index contributed by atoms with van der Waals surface area (Å²) in [4.78, 5) is 14.0. The van der Waals surface area contributed by atoms with Gasteiger partial charge in [0.1, 0.15) is 9.96 Å². The van der Waals surface area contributed by atoms with Gasteiger partial charge in [0.05, 0.1) is 0 Å². The maximum Gasteiger partial charge on any atom is 0.260 e. The van der Waals surface area contributed by atoms with Crippen molar-refractivity contribution in [2.45, 2.75) is 24.0 Å². The van der Waals surface area contributed by atoms with Crippen molar-refractivity contribution in [3.8, 4) is 5.75 Å². The van der Waals surface area contributed by atoms with Crippen LogP contribution in [0.15, 0.2) is 46.0 Å². The molecule has 0 atom stereocenters. The van der Waals surface area contributed by atoms with Crippen LogP contribution in [-0.4, -0.2) is 56.3 Å². The van der Waals surface area contributed by atoms with Crippen LogP contribution in [0.3, 0.4) is 0 Å². The molecule has 0 radical (unpaired) electrons. The Morgan fingerprint density at radius 2 is 1.78 bits per heavy atom. The lowest BCUT2D eigenvalue weighted by atomic mass is 10.0. The van der Waals surface area contributed by atoms with Crippen molar-refractivity contribution in [1.82, 2.24) is 9.21 Å². The SMILES string of the molecule is CC(C)c1ccc(OCC(=O)N2CCN(S(=O)(=O)c3cccs3)CC2)cc1. The lowest BCUT2D eigenvalue weighted by molar-refractivity contribution is -0.134. The molecule has 2 aromatic rings. The first kappa shape index (κ1) is 19.9. The molecule has 0 aliphatic carbocycles. The lowest BCUT2D eigenvalue weighted by Crippen LogP contribution is -2.51. The summed E-state index contributed by atoms with van der Waals surface area (Å²) in [6.07, 6.45) is 0. The summed E-state index contributed by atoms with van der Waals surface area (Å²) in [5.74, 6) is 0.977. The van der Waals surface area contributed by atoms with Crippen molar-refractivity contribution in [2.24, 2.45) is 0 Å². The fourth-order valence-electron chi connectivity index (χ4n) is 2.90. The average molecular weight is 409 g/mol. The lowest BCUT2D eigenvalue weighted by Gasteiger charge is -2.33. The van der Waals surface area contributed by atoms with Crippen molar-refractivity contribution in [3.05, 3.63) is 47.3 Å². The number of ether oxygens (including phenoxy) is 1. The van der Waals surface area contributed by atoms with Crippen molar-refractivity contribution in [2.75, 3.05) is 32.8 Å². The summed E-state index contributed by atoms with van der Waals surface area (Å²) in [5.41, 5.74) is 1.22. The number of hydrogen-bond acceptors (Lipinski definition) is 5. The number of rotatable bonds is 6. The third-order valence-electron chi connectivity index (χ3n) is 4.59. The first-order valence-electron chi connectivity index (χ1n) is 8.92. The predicted octanol–water partition coefficient (Wildman–Crippen LogP) is 2.78. The molecular formula is C19H24N2O4S2. The number of amides is 1. The van der Waals surface area contributed by atoms with E-state index in [0.717, 1.165) is 0 Å². The molecule has 0 spiro atoms. The molecule has 0 saturated carbocycles. The van der Waals surface area contributed by atoms with Gasteiger partial charge in [0.2, 0.25) is 0 Å². The van der Waals surface area contributed by atoms with Crippen LogP contribution < -0.4 is 4.74 Å². The molecule has 1 aliphatic rings. The van der Waals surface area contributed by atoms with E-state index in [0.29, 0.717) is 42.1 Å². The van der Waals surface area contributed by atoms with Crippen molar-refractivity contribution in [3.63, 3.8) is 0 Å². The molecule has 1 aromatic heterocycles.